The van der Waals surface area contributed by atoms with Crippen LogP contribution in [0, 0.1) is 0 Å². The summed E-state index contributed by atoms with van der Waals surface area (Å²) < 4.78 is 32.9. The minimum Gasteiger partial charge on any atom is -0.462 e. The number of hydrogen-bond acceptors (Lipinski definition) is 8. The number of carbonyl (C=O) groups excluding carboxylic acids is 2. The Labute approximate surface area is 441 Å². The van der Waals surface area contributed by atoms with Crippen LogP contribution in [0.25, 0.3) is 0 Å². The standard InChI is InChI=1S/C61H122NO8P/c1-3-5-7-9-11-13-15-16-17-18-19-20-21-22-23-24-25-26-27-28-29-30-31-32-33-34-35-36-37-38-39-40-41-42-43-44-46-48-50-52-54-61(64)70-59(58-69-71(65,66)68-56-55-62)57-67-60(63)53-51-49-47-45-14-12-10-8-6-4-2/h59H,3-58,62H2,1-2H3,(H,65,66). The molecule has 10 heteroatoms. The first-order chi connectivity index (χ1) is 34.8. The van der Waals surface area contributed by atoms with Gasteiger partial charge in [0.2, 0.25) is 0 Å². The van der Waals surface area contributed by atoms with Crippen molar-refractivity contribution in [2.24, 2.45) is 5.73 Å². The summed E-state index contributed by atoms with van der Waals surface area (Å²) in [4.78, 5) is 35.0. The fourth-order valence-corrected chi connectivity index (χ4v) is 10.6. The summed E-state index contributed by atoms with van der Waals surface area (Å²) in [5.74, 6) is -0.809. The molecule has 0 bridgehead atoms. The molecule has 9 nitrogen and oxygen atoms in total. The maximum absolute atomic E-state index is 12.7. The Balaban J connectivity index is 3.63. The van der Waals surface area contributed by atoms with Crippen LogP contribution in [0.5, 0.6) is 0 Å². The van der Waals surface area contributed by atoms with Gasteiger partial charge in [0.05, 0.1) is 13.2 Å². The van der Waals surface area contributed by atoms with Gasteiger partial charge in [-0.3, -0.25) is 18.6 Å². The largest absolute Gasteiger partial charge is 0.472 e. The third-order valence-electron chi connectivity index (χ3n) is 14.5. The Bertz CT molecular complexity index is 1130. The number of phosphoric acid groups is 1. The van der Waals surface area contributed by atoms with Crippen LogP contribution < -0.4 is 5.73 Å². The van der Waals surface area contributed by atoms with E-state index in [-0.39, 0.29) is 38.6 Å². The highest BCUT2D eigenvalue weighted by Gasteiger charge is 2.26. The predicted molar refractivity (Wildman–Crippen MR) is 303 cm³/mol. The van der Waals surface area contributed by atoms with E-state index in [1.54, 1.807) is 0 Å². The fourth-order valence-electron chi connectivity index (χ4n) is 9.82. The molecular weight excluding hydrogens is 906 g/mol. The molecule has 0 aromatic heterocycles. The van der Waals surface area contributed by atoms with E-state index in [0.29, 0.717) is 6.42 Å². The average molecular weight is 1030 g/mol. The summed E-state index contributed by atoms with van der Waals surface area (Å²) in [5, 5.41) is 0. The van der Waals surface area contributed by atoms with Gasteiger partial charge in [0.25, 0.3) is 0 Å². The molecule has 71 heavy (non-hydrogen) atoms. The van der Waals surface area contributed by atoms with Crippen molar-refractivity contribution in [1.82, 2.24) is 0 Å². The Hall–Kier alpha value is -0.990. The molecule has 424 valence electrons. The van der Waals surface area contributed by atoms with Gasteiger partial charge < -0.3 is 20.1 Å². The second-order valence-electron chi connectivity index (χ2n) is 21.7. The zero-order valence-corrected chi connectivity index (χ0v) is 48.4. The van der Waals surface area contributed by atoms with Gasteiger partial charge in [-0.25, -0.2) is 4.57 Å². The molecule has 0 spiro atoms. The second-order valence-corrected chi connectivity index (χ2v) is 23.1. The summed E-state index contributed by atoms with van der Waals surface area (Å²) in [6.45, 7) is 3.78. The van der Waals surface area contributed by atoms with E-state index < -0.39 is 26.5 Å². The van der Waals surface area contributed by atoms with E-state index in [0.717, 1.165) is 32.1 Å². The van der Waals surface area contributed by atoms with E-state index in [1.165, 1.54) is 283 Å². The highest BCUT2D eigenvalue weighted by molar-refractivity contribution is 7.47. The summed E-state index contributed by atoms with van der Waals surface area (Å²) >= 11 is 0. The lowest BCUT2D eigenvalue weighted by Crippen LogP contribution is -2.29. The third-order valence-corrected chi connectivity index (χ3v) is 15.5. The van der Waals surface area contributed by atoms with Crippen molar-refractivity contribution >= 4 is 19.8 Å². The fraction of sp³-hybridized carbons (Fsp3) is 0.967. The first-order valence-electron chi connectivity index (χ1n) is 31.5. The van der Waals surface area contributed by atoms with Gasteiger partial charge >= 0.3 is 19.8 Å². The van der Waals surface area contributed by atoms with Crippen molar-refractivity contribution in [3.63, 3.8) is 0 Å². The number of esters is 2. The van der Waals surface area contributed by atoms with Crippen LogP contribution in [0.2, 0.25) is 0 Å². The Kier molecular flexibility index (Phi) is 57.5. The smallest absolute Gasteiger partial charge is 0.462 e. The van der Waals surface area contributed by atoms with Crippen molar-refractivity contribution in [3.8, 4) is 0 Å². The molecule has 0 aromatic carbocycles. The van der Waals surface area contributed by atoms with E-state index in [1.807, 2.05) is 0 Å². The van der Waals surface area contributed by atoms with Gasteiger partial charge in [-0.15, -0.1) is 0 Å². The zero-order valence-electron chi connectivity index (χ0n) is 47.5. The van der Waals surface area contributed by atoms with Crippen molar-refractivity contribution in [2.45, 2.75) is 354 Å². The minimum absolute atomic E-state index is 0.0582. The summed E-state index contributed by atoms with van der Waals surface area (Å²) in [6.07, 6.45) is 66.6. The predicted octanol–water partition coefficient (Wildman–Crippen LogP) is 19.9. The maximum atomic E-state index is 12.7. The summed E-state index contributed by atoms with van der Waals surface area (Å²) in [6, 6.07) is 0. The van der Waals surface area contributed by atoms with Crippen LogP contribution in [0.15, 0.2) is 0 Å². The van der Waals surface area contributed by atoms with Gasteiger partial charge in [-0.2, -0.15) is 0 Å². The van der Waals surface area contributed by atoms with Crippen LogP contribution in [0.4, 0.5) is 0 Å². The van der Waals surface area contributed by atoms with Crippen LogP contribution in [-0.2, 0) is 32.7 Å². The van der Waals surface area contributed by atoms with Crippen LogP contribution in [0.1, 0.15) is 348 Å². The first kappa shape index (κ1) is 70.0. The molecule has 0 aromatic rings. The molecule has 2 unspecified atom stereocenters. The number of ether oxygens (including phenoxy) is 2. The number of nitrogens with two attached hydrogens (primary N) is 1. The molecule has 0 rings (SSSR count). The molecule has 0 aliphatic heterocycles. The summed E-state index contributed by atoms with van der Waals surface area (Å²) in [7, 11) is -4.37. The number of phosphoric ester groups is 1. The number of hydrogen-bond donors (Lipinski definition) is 2. The topological polar surface area (TPSA) is 134 Å². The monoisotopic (exact) mass is 1030 g/mol. The molecule has 0 radical (unpaired) electrons. The van der Waals surface area contributed by atoms with Crippen molar-refractivity contribution in [2.75, 3.05) is 26.4 Å². The van der Waals surface area contributed by atoms with Crippen molar-refractivity contribution in [1.29, 1.82) is 0 Å². The quantitative estimate of drug-likeness (QED) is 0.0347. The Morgan fingerprint density at radius 3 is 0.859 bits per heavy atom. The van der Waals surface area contributed by atoms with Crippen LogP contribution in [-0.4, -0.2) is 49.3 Å². The second kappa shape index (κ2) is 58.3. The highest BCUT2D eigenvalue weighted by Crippen LogP contribution is 2.43. The molecule has 2 atom stereocenters. The van der Waals surface area contributed by atoms with Crippen LogP contribution in [0.3, 0.4) is 0 Å². The van der Waals surface area contributed by atoms with E-state index in [2.05, 4.69) is 13.8 Å². The van der Waals surface area contributed by atoms with Gasteiger partial charge in [-0.1, -0.05) is 322 Å². The van der Waals surface area contributed by atoms with E-state index in [4.69, 9.17) is 24.3 Å². The van der Waals surface area contributed by atoms with E-state index >= 15 is 0 Å². The zero-order chi connectivity index (χ0) is 51.7. The van der Waals surface area contributed by atoms with Crippen molar-refractivity contribution in [3.05, 3.63) is 0 Å². The van der Waals surface area contributed by atoms with Crippen molar-refractivity contribution < 1.29 is 37.6 Å². The average Bonchev–Trinajstić information content (AvgIpc) is 3.36. The highest BCUT2D eigenvalue weighted by atomic mass is 31.2. The molecule has 0 heterocycles. The van der Waals surface area contributed by atoms with Crippen LogP contribution >= 0.6 is 7.82 Å². The molecule has 0 aliphatic rings. The first-order valence-corrected chi connectivity index (χ1v) is 33.0. The summed E-state index contributed by atoms with van der Waals surface area (Å²) in [5.41, 5.74) is 5.37. The molecule has 3 N–H and O–H groups in total. The van der Waals surface area contributed by atoms with E-state index in [9.17, 15) is 19.0 Å². The SMILES string of the molecule is CCCCCCCCCCCCCCCCCCCCCCCCCCCCCCCCCCCCCCCCCCC(=O)OC(COC(=O)CCCCCCCCCCCC)COP(=O)(O)OCCN. The Morgan fingerprint density at radius 2 is 0.606 bits per heavy atom. The molecule has 0 saturated heterocycles. The number of unbranched alkanes of at least 4 members (excludes halogenated alkanes) is 48. The lowest BCUT2D eigenvalue weighted by atomic mass is 10.0. The number of rotatable bonds is 61. The normalized spacial score (nSPS) is 12.9. The van der Waals surface area contributed by atoms with Gasteiger partial charge in [0, 0.05) is 19.4 Å². The molecule has 0 aliphatic carbocycles. The lowest BCUT2D eigenvalue weighted by molar-refractivity contribution is -0.161. The molecule has 0 fully saturated rings. The van der Waals surface area contributed by atoms with Gasteiger partial charge in [-0.05, 0) is 12.8 Å². The lowest BCUT2D eigenvalue weighted by Gasteiger charge is -2.19. The Morgan fingerprint density at radius 1 is 0.366 bits per heavy atom. The van der Waals surface area contributed by atoms with Gasteiger partial charge in [0.15, 0.2) is 6.10 Å². The third kappa shape index (κ3) is 58.1. The maximum Gasteiger partial charge on any atom is 0.472 e. The van der Waals surface area contributed by atoms with Gasteiger partial charge in [0.1, 0.15) is 6.61 Å². The minimum atomic E-state index is -4.37. The number of carbonyl (C=O) groups is 2. The molecular formula is C61H122NO8P. The molecule has 0 saturated carbocycles. The molecule has 0 amide bonds.